The first-order valence-corrected chi connectivity index (χ1v) is 12.0. The van der Waals surface area contributed by atoms with Gasteiger partial charge in [0, 0.05) is 12.1 Å². The number of amides is 1. The summed E-state index contributed by atoms with van der Waals surface area (Å²) in [5.74, 6) is 0.281. The van der Waals surface area contributed by atoms with Gasteiger partial charge in [0.1, 0.15) is 19.0 Å². The van der Waals surface area contributed by atoms with Gasteiger partial charge in [-0.2, -0.15) is 0 Å². The molecule has 8 heteroatoms. The minimum absolute atomic E-state index is 0.0104. The molecule has 0 bridgehead atoms. The Morgan fingerprint density at radius 1 is 0.973 bits per heavy atom. The summed E-state index contributed by atoms with van der Waals surface area (Å²) in [6.45, 7) is 3.32. The summed E-state index contributed by atoms with van der Waals surface area (Å²) >= 11 is 0. The number of hydrogen-bond acceptors (Lipinski definition) is 7. The van der Waals surface area contributed by atoms with Crippen LogP contribution in [-0.4, -0.2) is 48.6 Å². The summed E-state index contributed by atoms with van der Waals surface area (Å²) in [6.07, 6.45) is 0. The number of methoxy groups -OCH3 is 1. The number of fused-ring (bicyclic) bond motifs is 1. The van der Waals surface area contributed by atoms with Gasteiger partial charge in [-0.25, -0.2) is 0 Å². The van der Waals surface area contributed by atoms with Gasteiger partial charge in [-0.15, -0.1) is 0 Å². The van der Waals surface area contributed by atoms with Crippen molar-refractivity contribution >= 4 is 17.4 Å². The zero-order valence-electron chi connectivity index (χ0n) is 20.6. The number of rotatable bonds is 7. The molecule has 1 fully saturated rings. The molecule has 1 saturated heterocycles. The maximum absolute atomic E-state index is 13.4. The van der Waals surface area contributed by atoms with Crippen LogP contribution in [0.15, 0.2) is 72.3 Å². The molecule has 3 aromatic carbocycles. The number of nitrogens with zero attached hydrogens (tertiary/aromatic N) is 1. The molecule has 0 aliphatic carbocycles. The number of hydrogen-bond donors (Lipinski definition) is 1. The first-order valence-electron chi connectivity index (χ1n) is 12.0. The Morgan fingerprint density at radius 2 is 1.73 bits per heavy atom. The molecular weight excluding hydrogens is 474 g/mol. The lowest BCUT2D eigenvalue weighted by atomic mass is 9.94. The molecule has 1 N–H and O–H groups in total. The van der Waals surface area contributed by atoms with Gasteiger partial charge in [0.25, 0.3) is 11.7 Å². The van der Waals surface area contributed by atoms with Crippen molar-refractivity contribution in [1.82, 2.24) is 4.90 Å². The zero-order valence-corrected chi connectivity index (χ0v) is 20.6. The van der Waals surface area contributed by atoms with Crippen LogP contribution in [0.25, 0.3) is 5.76 Å². The highest BCUT2D eigenvalue weighted by atomic mass is 16.6. The van der Waals surface area contributed by atoms with E-state index in [1.165, 1.54) is 12.0 Å². The van der Waals surface area contributed by atoms with Crippen molar-refractivity contribution in [1.29, 1.82) is 0 Å². The van der Waals surface area contributed by atoms with Crippen molar-refractivity contribution in [3.63, 3.8) is 0 Å². The Bertz CT molecular complexity index is 1370. The van der Waals surface area contributed by atoms with Gasteiger partial charge in [0.05, 0.1) is 25.3 Å². The molecule has 3 aromatic rings. The SMILES string of the molecule is CCOc1ccc([C@@H]2/C(=C(\O)c3ccc4c(c3)OCCO4)C(=O)C(=O)N2Cc2ccccc2)cc1OC. The van der Waals surface area contributed by atoms with Crippen molar-refractivity contribution in [3.05, 3.63) is 89.0 Å². The van der Waals surface area contributed by atoms with Crippen molar-refractivity contribution in [2.45, 2.75) is 19.5 Å². The van der Waals surface area contributed by atoms with E-state index in [4.69, 9.17) is 18.9 Å². The number of Topliss-reactive ketones (excluding diaryl/α,β-unsaturated/α-hetero) is 1. The molecule has 0 aromatic heterocycles. The Labute approximate surface area is 214 Å². The molecule has 0 radical (unpaired) electrons. The van der Waals surface area contributed by atoms with Gasteiger partial charge >= 0.3 is 0 Å². The molecule has 37 heavy (non-hydrogen) atoms. The molecule has 0 unspecified atom stereocenters. The fraction of sp³-hybridized carbons (Fsp3) is 0.241. The number of aliphatic hydroxyl groups excluding tert-OH is 1. The van der Waals surface area contributed by atoms with Crippen LogP contribution < -0.4 is 18.9 Å². The number of ether oxygens (including phenoxy) is 4. The summed E-state index contributed by atoms with van der Waals surface area (Å²) in [5, 5.41) is 11.4. The number of benzene rings is 3. The summed E-state index contributed by atoms with van der Waals surface area (Å²) < 4.78 is 22.4. The van der Waals surface area contributed by atoms with Crippen molar-refractivity contribution in [2.75, 3.05) is 26.9 Å². The molecule has 1 atom stereocenters. The van der Waals surface area contributed by atoms with Crippen LogP contribution in [0, 0.1) is 0 Å². The van der Waals surface area contributed by atoms with Gasteiger partial charge in [0.2, 0.25) is 0 Å². The highest BCUT2D eigenvalue weighted by molar-refractivity contribution is 6.46. The Hall–Kier alpha value is -4.46. The minimum Gasteiger partial charge on any atom is -0.507 e. The lowest BCUT2D eigenvalue weighted by Crippen LogP contribution is -2.29. The molecule has 1 amide bonds. The van der Waals surface area contributed by atoms with Gasteiger partial charge in [0.15, 0.2) is 23.0 Å². The molecule has 190 valence electrons. The third-order valence-electron chi connectivity index (χ3n) is 6.35. The molecule has 8 nitrogen and oxygen atoms in total. The fourth-order valence-electron chi connectivity index (χ4n) is 4.64. The maximum Gasteiger partial charge on any atom is 0.295 e. The van der Waals surface area contributed by atoms with E-state index in [1.807, 2.05) is 37.3 Å². The van der Waals surface area contributed by atoms with E-state index in [9.17, 15) is 14.7 Å². The van der Waals surface area contributed by atoms with Gasteiger partial charge in [-0.3, -0.25) is 9.59 Å². The van der Waals surface area contributed by atoms with Crippen molar-refractivity contribution in [3.8, 4) is 23.0 Å². The predicted molar refractivity (Wildman–Crippen MR) is 136 cm³/mol. The fourth-order valence-corrected chi connectivity index (χ4v) is 4.64. The summed E-state index contributed by atoms with van der Waals surface area (Å²) in [4.78, 5) is 28.2. The van der Waals surface area contributed by atoms with Crippen LogP contribution in [0.5, 0.6) is 23.0 Å². The van der Waals surface area contributed by atoms with Crippen molar-refractivity contribution in [2.24, 2.45) is 0 Å². The lowest BCUT2D eigenvalue weighted by Gasteiger charge is -2.26. The second-order valence-corrected chi connectivity index (χ2v) is 8.61. The first kappa shape index (κ1) is 24.2. The smallest absolute Gasteiger partial charge is 0.295 e. The number of aliphatic hydroxyl groups is 1. The van der Waals surface area contributed by atoms with E-state index >= 15 is 0 Å². The van der Waals surface area contributed by atoms with Crippen LogP contribution in [0.1, 0.15) is 29.7 Å². The van der Waals surface area contributed by atoms with E-state index in [-0.39, 0.29) is 17.9 Å². The van der Waals surface area contributed by atoms with Crippen molar-refractivity contribution < 1.29 is 33.6 Å². The average Bonchev–Trinajstić information content (AvgIpc) is 3.18. The van der Waals surface area contributed by atoms with E-state index in [0.29, 0.717) is 53.9 Å². The average molecular weight is 502 g/mol. The summed E-state index contributed by atoms with van der Waals surface area (Å²) in [5.41, 5.74) is 1.80. The molecular formula is C29H27NO7. The molecule has 2 heterocycles. The second-order valence-electron chi connectivity index (χ2n) is 8.61. The first-order chi connectivity index (χ1) is 18.0. The molecule has 2 aliphatic heterocycles. The second kappa shape index (κ2) is 10.3. The van der Waals surface area contributed by atoms with Crippen LogP contribution in [0.3, 0.4) is 0 Å². The van der Waals surface area contributed by atoms with Gasteiger partial charge < -0.3 is 29.0 Å². The molecule has 5 rings (SSSR count). The van der Waals surface area contributed by atoms with Crippen LogP contribution in [-0.2, 0) is 16.1 Å². The monoisotopic (exact) mass is 501 g/mol. The number of carbonyl (C=O) groups excluding carboxylic acids is 2. The topological polar surface area (TPSA) is 94.5 Å². The van der Waals surface area contributed by atoms with E-state index in [0.717, 1.165) is 5.56 Å². The number of ketones is 1. The third kappa shape index (κ3) is 4.58. The van der Waals surface area contributed by atoms with Crippen LogP contribution in [0.2, 0.25) is 0 Å². The lowest BCUT2D eigenvalue weighted by molar-refractivity contribution is -0.140. The van der Waals surface area contributed by atoms with Crippen LogP contribution in [0.4, 0.5) is 0 Å². The number of carbonyl (C=O) groups is 2. The zero-order chi connectivity index (χ0) is 25.9. The normalized spacial score (nSPS) is 18.1. The minimum atomic E-state index is -0.849. The highest BCUT2D eigenvalue weighted by Gasteiger charge is 2.46. The van der Waals surface area contributed by atoms with Gasteiger partial charge in [-0.1, -0.05) is 36.4 Å². The quantitative estimate of drug-likeness (QED) is 0.290. The Morgan fingerprint density at radius 3 is 2.46 bits per heavy atom. The van der Waals surface area contributed by atoms with E-state index in [2.05, 4.69) is 0 Å². The summed E-state index contributed by atoms with van der Waals surface area (Å²) in [7, 11) is 1.53. The summed E-state index contributed by atoms with van der Waals surface area (Å²) in [6, 6.07) is 18.7. The Kier molecular flexibility index (Phi) is 6.72. The third-order valence-corrected chi connectivity index (χ3v) is 6.35. The highest BCUT2D eigenvalue weighted by Crippen LogP contribution is 2.43. The maximum atomic E-state index is 13.4. The van der Waals surface area contributed by atoms with E-state index < -0.39 is 17.7 Å². The largest absolute Gasteiger partial charge is 0.507 e. The standard InChI is InChI=1S/C29H27NO7/c1-3-35-21-11-9-19(15-23(21)34-2)26-25(27(31)20-10-12-22-24(16-20)37-14-13-36-22)28(32)29(33)30(26)17-18-7-5-4-6-8-18/h4-12,15-16,26,31H,3,13-14,17H2,1-2H3/b27-25+/t26-/m1/s1. The molecule has 2 aliphatic rings. The molecule has 0 saturated carbocycles. The number of likely N-dealkylation sites (tertiary alicyclic amines) is 1. The van der Waals surface area contributed by atoms with Gasteiger partial charge in [-0.05, 0) is 48.4 Å². The molecule has 0 spiro atoms. The Balaban J connectivity index is 1.65. The van der Waals surface area contributed by atoms with Crippen LogP contribution >= 0.6 is 0 Å². The predicted octanol–water partition coefficient (Wildman–Crippen LogP) is 4.49. The van der Waals surface area contributed by atoms with E-state index in [1.54, 1.807) is 36.4 Å².